The normalized spacial score (nSPS) is 23.7. The van der Waals surface area contributed by atoms with E-state index in [1.54, 1.807) is 42.5 Å². The maximum absolute atomic E-state index is 13.0. The van der Waals surface area contributed by atoms with Crippen molar-refractivity contribution in [3.05, 3.63) is 72.3 Å². The van der Waals surface area contributed by atoms with Crippen molar-refractivity contribution in [1.82, 2.24) is 4.72 Å². The number of anilines is 1. The summed E-state index contributed by atoms with van der Waals surface area (Å²) in [5, 5.41) is 4.36. The van der Waals surface area contributed by atoms with Crippen molar-refractivity contribution < 1.29 is 32.2 Å². The van der Waals surface area contributed by atoms with Crippen molar-refractivity contribution in [3.63, 3.8) is 0 Å². The van der Waals surface area contributed by atoms with Crippen LogP contribution in [0.4, 0.5) is 10.5 Å². The first-order valence-electron chi connectivity index (χ1n) is 11.1. The number of hydrogen-bond donors (Lipinski definition) is 2. The summed E-state index contributed by atoms with van der Waals surface area (Å²) in [5.74, 6) is -0.120. The van der Waals surface area contributed by atoms with E-state index in [1.165, 1.54) is 6.92 Å². The largest absolute Gasteiger partial charge is 0.441 e. The van der Waals surface area contributed by atoms with E-state index in [2.05, 4.69) is 10.0 Å². The molecule has 0 spiro atoms. The van der Waals surface area contributed by atoms with Crippen molar-refractivity contribution in [1.29, 1.82) is 0 Å². The Morgan fingerprint density at radius 3 is 2.49 bits per heavy atom. The summed E-state index contributed by atoms with van der Waals surface area (Å²) < 4.78 is 45.7. The molecule has 0 aliphatic carbocycles. The molecule has 0 aromatic heterocycles. The zero-order valence-corrected chi connectivity index (χ0v) is 19.7. The maximum Gasteiger partial charge on any atom is 0.412 e. The molecule has 35 heavy (non-hydrogen) atoms. The Kier molecular flexibility index (Phi) is 6.28. The van der Waals surface area contributed by atoms with Crippen LogP contribution >= 0.6 is 0 Å². The van der Waals surface area contributed by atoms with Gasteiger partial charge in [-0.2, -0.15) is 0 Å². The Bertz CT molecular complexity index is 1390. The fourth-order valence-electron chi connectivity index (χ4n) is 4.37. The Labute approximate surface area is 202 Å². The molecule has 4 atom stereocenters. The summed E-state index contributed by atoms with van der Waals surface area (Å²) in [6.07, 6.45) is -2.62. The first kappa shape index (κ1) is 23.4. The number of benzene rings is 3. The number of rotatable bonds is 6. The number of ketones is 1. The van der Waals surface area contributed by atoms with E-state index < -0.39 is 40.5 Å². The molecule has 2 aliphatic heterocycles. The van der Waals surface area contributed by atoms with Crippen molar-refractivity contribution in [2.45, 2.75) is 36.2 Å². The van der Waals surface area contributed by atoms with E-state index in [-0.39, 0.29) is 23.9 Å². The quantitative estimate of drug-likeness (QED) is 0.503. The van der Waals surface area contributed by atoms with Crippen LogP contribution < -0.4 is 10.0 Å². The van der Waals surface area contributed by atoms with Gasteiger partial charge in [-0.3, -0.25) is 10.1 Å². The highest BCUT2D eigenvalue weighted by molar-refractivity contribution is 7.89. The molecule has 3 aromatic rings. The first-order valence-corrected chi connectivity index (χ1v) is 12.6. The fraction of sp³-hybridized carbons (Fsp3) is 0.280. The van der Waals surface area contributed by atoms with Gasteiger partial charge in [-0.1, -0.05) is 42.5 Å². The summed E-state index contributed by atoms with van der Waals surface area (Å²) >= 11 is 0. The topological polar surface area (TPSA) is 120 Å². The maximum atomic E-state index is 13.0. The molecule has 3 aromatic carbocycles. The van der Waals surface area contributed by atoms with Crippen LogP contribution in [0.15, 0.2) is 71.6 Å². The highest BCUT2D eigenvalue weighted by atomic mass is 32.2. The number of amides is 1. The Morgan fingerprint density at radius 1 is 0.914 bits per heavy atom. The van der Waals surface area contributed by atoms with Crippen LogP contribution in [0.5, 0.6) is 0 Å². The van der Waals surface area contributed by atoms with Crippen molar-refractivity contribution >= 4 is 38.4 Å². The molecule has 1 amide bonds. The molecule has 182 valence electrons. The third kappa shape index (κ3) is 4.92. The summed E-state index contributed by atoms with van der Waals surface area (Å²) in [6.45, 7) is 1.60. The van der Waals surface area contributed by atoms with Gasteiger partial charge in [0.2, 0.25) is 10.0 Å². The van der Waals surface area contributed by atoms with Crippen LogP contribution in [0.25, 0.3) is 10.8 Å². The van der Waals surface area contributed by atoms with Gasteiger partial charge in [0.05, 0.1) is 24.2 Å². The van der Waals surface area contributed by atoms with Gasteiger partial charge in [0.25, 0.3) is 0 Å². The predicted octanol–water partition coefficient (Wildman–Crippen LogP) is 3.10. The fourth-order valence-corrected chi connectivity index (χ4v) is 5.64. The van der Waals surface area contributed by atoms with Crippen molar-refractivity contribution in [2.24, 2.45) is 0 Å². The number of sulfonamides is 1. The monoisotopic (exact) mass is 496 g/mol. The van der Waals surface area contributed by atoms with Gasteiger partial charge in [0.1, 0.15) is 12.2 Å². The van der Waals surface area contributed by atoms with E-state index in [4.69, 9.17) is 14.2 Å². The number of carbonyl (C=O) groups is 2. The lowest BCUT2D eigenvalue weighted by Gasteiger charge is -2.18. The molecule has 0 saturated carbocycles. The molecule has 10 heteroatoms. The molecule has 0 unspecified atom stereocenters. The molecule has 2 N–H and O–H groups in total. The van der Waals surface area contributed by atoms with Crippen LogP contribution in [0, 0.1) is 0 Å². The predicted molar refractivity (Wildman–Crippen MR) is 128 cm³/mol. The van der Waals surface area contributed by atoms with Gasteiger partial charge < -0.3 is 14.2 Å². The molecular weight excluding hydrogens is 472 g/mol. The second-order valence-electron chi connectivity index (χ2n) is 8.54. The van der Waals surface area contributed by atoms with Gasteiger partial charge >= 0.3 is 6.09 Å². The third-order valence-corrected chi connectivity index (χ3v) is 7.61. The van der Waals surface area contributed by atoms with E-state index in [0.29, 0.717) is 11.3 Å². The van der Waals surface area contributed by atoms with Gasteiger partial charge in [-0.05, 0) is 42.0 Å². The molecule has 2 aliphatic rings. The second-order valence-corrected chi connectivity index (χ2v) is 10.3. The van der Waals surface area contributed by atoms with E-state index >= 15 is 0 Å². The zero-order chi connectivity index (χ0) is 24.6. The SMILES string of the molecule is CC(=O)c1cccc(NC(=O)O[C@H]2CO[C@@H]3[C@@H]2OC[C@@H]3NS(=O)(=O)c2ccc3ccccc3c2)c1. The van der Waals surface area contributed by atoms with E-state index in [0.717, 1.165) is 10.8 Å². The summed E-state index contributed by atoms with van der Waals surface area (Å²) in [7, 11) is -3.82. The number of Topliss-reactive ketones (excluding diaryl/α,β-unsaturated/α-hetero) is 1. The molecule has 0 radical (unpaired) electrons. The minimum absolute atomic E-state index is 0.0739. The lowest BCUT2D eigenvalue weighted by molar-refractivity contribution is 0.00883. The Balaban J connectivity index is 1.22. The van der Waals surface area contributed by atoms with Crippen molar-refractivity contribution in [3.8, 4) is 0 Å². The number of hydrogen-bond acceptors (Lipinski definition) is 7. The van der Waals surface area contributed by atoms with Crippen LogP contribution in [-0.4, -0.2) is 57.9 Å². The average molecular weight is 497 g/mol. The van der Waals surface area contributed by atoms with E-state index in [1.807, 2.05) is 24.3 Å². The smallest absolute Gasteiger partial charge is 0.412 e. The molecule has 2 saturated heterocycles. The highest BCUT2D eigenvalue weighted by Gasteiger charge is 2.50. The number of fused-ring (bicyclic) bond motifs is 2. The highest BCUT2D eigenvalue weighted by Crippen LogP contribution is 2.30. The molecule has 2 heterocycles. The van der Waals surface area contributed by atoms with Gasteiger partial charge in [-0.15, -0.1) is 0 Å². The third-order valence-electron chi connectivity index (χ3n) is 6.12. The van der Waals surface area contributed by atoms with Gasteiger partial charge in [0, 0.05) is 11.3 Å². The van der Waals surface area contributed by atoms with E-state index in [9.17, 15) is 18.0 Å². The standard InChI is InChI=1S/C25H24N2O7S/c1-15(28)17-7-4-8-19(11-17)26-25(29)34-22-14-33-23-21(13-32-24(22)23)27-35(30,31)20-10-9-16-5-2-3-6-18(16)12-20/h2-12,21-24,27H,13-14H2,1H3,(H,26,29)/t21-,22-,23-,24+/m0/s1. The number of carbonyl (C=O) groups excluding carboxylic acids is 2. The second kappa shape index (κ2) is 9.38. The molecular formula is C25H24N2O7S. The zero-order valence-electron chi connectivity index (χ0n) is 18.8. The Hall–Kier alpha value is -3.31. The molecule has 9 nitrogen and oxygen atoms in total. The minimum Gasteiger partial charge on any atom is -0.441 e. The van der Waals surface area contributed by atoms with Crippen LogP contribution in [0.3, 0.4) is 0 Å². The summed E-state index contributed by atoms with van der Waals surface area (Å²) in [5.41, 5.74) is 0.888. The lowest BCUT2D eigenvalue weighted by atomic mass is 10.1. The average Bonchev–Trinajstić information content (AvgIpc) is 3.42. The Morgan fingerprint density at radius 2 is 1.69 bits per heavy atom. The summed E-state index contributed by atoms with van der Waals surface area (Å²) in [6, 6.07) is 18.3. The number of nitrogens with one attached hydrogen (secondary N) is 2. The van der Waals surface area contributed by atoms with Gasteiger partial charge in [-0.25, -0.2) is 17.9 Å². The number of ether oxygens (including phenoxy) is 3. The summed E-state index contributed by atoms with van der Waals surface area (Å²) in [4.78, 5) is 24.1. The molecule has 5 rings (SSSR count). The van der Waals surface area contributed by atoms with Crippen LogP contribution in [0.1, 0.15) is 17.3 Å². The lowest BCUT2D eigenvalue weighted by Crippen LogP contribution is -2.44. The van der Waals surface area contributed by atoms with Gasteiger partial charge in [0.15, 0.2) is 11.9 Å². The van der Waals surface area contributed by atoms with Crippen LogP contribution in [-0.2, 0) is 24.2 Å². The molecule has 2 fully saturated rings. The minimum atomic E-state index is -3.82. The first-order chi connectivity index (χ1) is 16.8. The molecule has 0 bridgehead atoms. The van der Waals surface area contributed by atoms with Crippen molar-refractivity contribution in [2.75, 3.05) is 18.5 Å². The van der Waals surface area contributed by atoms with Crippen LogP contribution in [0.2, 0.25) is 0 Å².